The third-order valence-corrected chi connectivity index (χ3v) is 2.63. The third kappa shape index (κ3) is 3.63. The fourth-order valence-corrected chi connectivity index (χ4v) is 1.64. The van der Waals surface area contributed by atoms with Gasteiger partial charge in [0.2, 0.25) is 0 Å². The minimum absolute atomic E-state index is 0.211. The van der Waals surface area contributed by atoms with Crippen molar-refractivity contribution in [2.45, 2.75) is 20.0 Å². The highest BCUT2D eigenvalue weighted by molar-refractivity contribution is 5.95. The van der Waals surface area contributed by atoms with Gasteiger partial charge in [0.05, 0.1) is 14.2 Å². The lowest BCUT2D eigenvalue weighted by atomic mass is 10.2. The maximum atomic E-state index is 12.1. The molecule has 0 saturated carbocycles. The molecule has 0 aromatic heterocycles. The van der Waals surface area contributed by atoms with E-state index in [-0.39, 0.29) is 17.2 Å². The minimum atomic E-state index is -0.877. The molecular formula is C14H19NO5. The van der Waals surface area contributed by atoms with E-state index in [0.717, 1.165) is 0 Å². The molecule has 1 rings (SSSR count). The van der Waals surface area contributed by atoms with Crippen molar-refractivity contribution >= 4 is 11.9 Å². The zero-order valence-electron chi connectivity index (χ0n) is 12.1. The number of hydrogen-bond acceptors (Lipinski definition) is 5. The van der Waals surface area contributed by atoms with Crippen LogP contribution in [0.4, 0.5) is 0 Å². The molecule has 0 aliphatic rings. The highest BCUT2D eigenvalue weighted by Gasteiger charge is 2.22. The molecule has 0 spiro atoms. The van der Waals surface area contributed by atoms with E-state index < -0.39 is 12.1 Å². The van der Waals surface area contributed by atoms with Gasteiger partial charge in [-0.25, -0.2) is 4.79 Å². The molecule has 1 amide bonds. The zero-order valence-corrected chi connectivity index (χ0v) is 12.1. The third-order valence-electron chi connectivity index (χ3n) is 2.63. The maximum absolute atomic E-state index is 12.1. The van der Waals surface area contributed by atoms with Gasteiger partial charge in [0, 0.05) is 6.54 Å². The number of carbonyl (C=O) groups is 2. The molecule has 0 heterocycles. The Bertz CT molecular complexity index is 486. The van der Waals surface area contributed by atoms with Crippen LogP contribution >= 0.6 is 0 Å². The van der Waals surface area contributed by atoms with Crippen molar-refractivity contribution < 1.29 is 23.8 Å². The van der Waals surface area contributed by atoms with Gasteiger partial charge in [0.25, 0.3) is 5.91 Å². The highest BCUT2D eigenvalue weighted by atomic mass is 16.6. The molecule has 110 valence electrons. The first-order valence-electron chi connectivity index (χ1n) is 6.24. The van der Waals surface area contributed by atoms with Crippen LogP contribution < -0.4 is 14.8 Å². The molecule has 0 saturated heterocycles. The normalized spacial score (nSPS) is 11.4. The maximum Gasteiger partial charge on any atom is 0.342 e. The fourth-order valence-electron chi connectivity index (χ4n) is 1.64. The van der Waals surface area contributed by atoms with Gasteiger partial charge in [0.1, 0.15) is 5.56 Å². The number of nitrogens with one attached hydrogen (secondary N) is 1. The molecule has 0 fully saturated rings. The number of para-hydroxylation sites is 1. The zero-order chi connectivity index (χ0) is 15.1. The number of hydrogen-bond donors (Lipinski definition) is 1. The van der Waals surface area contributed by atoms with Crippen LogP contribution in [0.3, 0.4) is 0 Å². The van der Waals surface area contributed by atoms with Gasteiger partial charge in [-0.05, 0) is 26.0 Å². The van der Waals surface area contributed by atoms with E-state index in [1.165, 1.54) is 21.1 Å². The summed E-state index contributed by atoms with van der Waals surface area (Å²) in [4.78, 5) is 23.6. The Morgan fingerprint density at radius 1 is 1.25 bits per heavy atom. The lowest BCUT2D eigenvalue weighted by Crippen LogP contribution is -2.35. The van der Waals surface area contributed by atoms with Crippen LogP contribution in [0.1, 0.15) is 24.2 Å². The molecule has 0 radical (unpaired) electrons. The molecule has 0 aliphatic carbocycles. The topological polar surface area (TPSA) is 73.9 Å². The molecule has 20 heavy (non-hydrogen) atoms. The van der Waals surface area contributed by atoms with E-state index in [9.17, 15) is 9.59 Å². The Kier molecular flexibility index (Phi) is 5.83. The van der Waals surface area contributed by atoms with Gasteiger partial charge in [0.15, 0.2) is 17.6 Å². The van der Waals surface area contributed by atoms with Gasteiger partial charge in [-0.2, -0.15) is 0 Å². The summed E-state index contributed by atoms with van der Waals surface area (Å²) in [6, 6.07) is 4.87. The van der Waals surface area contributed by atoms with Crippen LogP contribution in [0.2, 0.25) is 0 Å². The lowest BCUT2D eigenvalue weighted by molar-refractivity contribution is -0.128. The average molecular weight is 281 g/mol. The summed E-state index contributed by atoms with van der Waals surface area (Å²) in [6.45, 7) is 3.77. The van der Waals surface area contributed by atoms with Crippen LogP contribution in [0, 0.1) is 0 Å². The predicted octanol–water partition coefficient (Wildman–Crippen LogP) is 1.39. The smallest absolute Gasteiger partial charge is 0.342 e. The van der Waals surface area contributed by atoms with Gasteiger partial charge >= 0.3 is 5.97 Å². The van der Waals surface area contributed by atoms with Crippen molar-refractivity contribution in [2.24, 2.45) is 0 Å². The summed E-state index contributed by atoms with van der Waals surface area (Å²) in [5, 5.41) is 2.58. The summed E-state index contributed by atoms with van der Waals surface area (Å²) in [6.07, 6.45) is -0.877. The number of methoxy groups -OCH3 is 2. The Morgan fingerprint density at radius 2 is 1.95 bits per heavy atom. The van der Waals surface area contributed by atoms with Gasteiger partial charge < -0.3 is 19.5 Å². The summed E-state index contributed by atoms with van der Waals surface area (Å²) < 4.78 is 15.4. The Hall–Kier alpha value is -2.24. The number of rotatable bonds is 6. The molecule has 6 heteroatoms. The molecule has 1 aromatic carbocycles. The quantitative estimate of drug-likeness (QED) is 0.797. The van der Waals surface area contributed by atoms with E-state index in [1.807, 2.05) is 0 Å². The van der Waals surface area contributed by atoms with E-state index in [2.05, 4.69) is 5.32 Å². The highest BCUT2D eigenvalue weighted by Crippen LogP contribution is 2.31. The van der Waals surface area contributed by atoms with Crippen molar-refractivity contribution in [3.63, 3.8) is 0 Å². The number of likely N-dealkylation sites (N-methyl/N-ethyl adjacent to an activating group) is 1. The van der Waals surface area contributed by atoms with E-state index in [0.29, 0.717) is 12.3 Å². The molecule has 6 nitrogen and oxygen atoms in total. The number of ether oxygens (including phenoxy) is 3. The number of carbonyl (C=O) groups excluding carboxylic acids is 2. The molecule has 0 aliphatic heterocycles. The van der Waals surface area contributed by atoms with E-state index in [4.69, 9.17) is 14.2 Å². The number of esters is 1. The first-order valence-corrected chi connectivity index (χ1v) is 6.24. The summed E-state index contributed by atoms with van der Waals surface area (Å²) in [5.41, 5.74) is 0.211. The van der Waals surface area contributed by atoms with Crippen LogP contribution in [-0.2, 0) is 9.53 Å². The molecule has 1 aromatic rings. The molecular weight excluding hydrogens is 262 g/mol. The largest absolute Gasteiger partial charge is 0.493 e. The fraction of sp³-hybridized carbons (Fsp3) is 0.429. The molecule has 0 bridgehead atoms. The van der Waals surface area contributed by atoms with E-state index in [1.54, 1.807) is 25.1 Å². The second-order valence-electron chi connectivity index (χ2n) is 3.98. The van der Waals surface area contributed by atoms with Crippen molar-refractivity contribution in [3.05, 3.63) is 23.8 Å². The van der Waals surface area contributed by atoms with Crippen molar-refractivity contribution in [2.75, 3.05) is 20.8 Å². The van der Waals surface area contributed by atoms with Crippen molar-refractivity contribution in [1.82, 2.24) is 5.32 Å². The first-order chi connectivity index (χ1) is 9.54. The SMILES string of the molecule is CCNC(=O)[C@H](C)OC(=O)c1cccc(OC)c1OC. The van der Waals surface area contributed by atoms with Crippen molar-refractivity contribution in [3.8, 4) is 11.5 Å². The molecule has 1 atom stereocenters. The predicted molar refractivity (Wildman–Crippen MR) is 73.1 cm³/mol. The minimum Gasteiger partial charge on any atom is -0.493 e. The average Bonchev–Trinajstić information content (AvgIpc) is 2.46. The second kappa shape index (κ2) is 7.37. The van der Waals surface area contributed by atoms with Crippen LogP contribution in [0.15, 0.2) is 18.2 Å². The Labute approximate surface area is 118 Å². The van der Waals surface area contributed by atoms with Gasteiger partial charge in [-0.15, -0.1) is 0 Å². The molecule has 1 N–H and O–H groups in total. The number of benzene rings is 1. The Morgan fingerprint density at radius 3 is 2.50 bits per heavy atom. The van der Waals surface area contributed by atoms with Crippen LogP contribution in [0.25, 0.3) is 0 Å². The number of amides is 1. The van der Waals surface area contributed by atoms with E-state index >= 15 is 0 Å². The van der Waals surface area contributed by atoms with Crippen LogP contribution in [0.5, 0.6) is 11.5 Å². The lowest BCUT2D eigenvalue weighted by Gasteiger charge is -2.15. The van der Waals surface area contributed by atoms with Crippen LogP contribution in [-0.4, -0.2) is 38.7 Å². The van der Waals surface area contributed by atoms with Gasteiger partial charge in [-0.1, -0.05) is 6.07 Å². The summed E-state index contributed by atoms with van der Waals surface area (Å²) >= 11 is 0. The summed E-state index contributed by atoms with van der Waals surface area (Å²) in [7, 11) is 2.91. The monoisotopic (exact) mass is 281 g/mol. The first kappa shape index (κ1) is 15.8. The Balaban J connectivity index is 2.90. The molecule has 0 unspecified atom stereocenters. The second-order valence-corrected chi connectivity index (χ2v) is 3.98. The van der Waals surface area contributed by atoms with Gasteiger partial charge in [-0.3, -0.25) is 4.79 Å². The van der Waals surface area contributed by atoms with Crippen molar-refractivity contribution in [1.29, 1.82) is 0 Å². The standard InChI is InChI=1S/C14H19NO5/c1-5-15-13(16)9(2)20-14(17)10-7-6-8-11(18-3)12(10)19-4/h6-9H,5H2,1-4H3,(H,15,16)/t9-/m0/s1. The summed E-state index contributed by atoms with van der Waals surface area (Å²) in [5.74, 6) is -0.280.